The summed E-state index contributed by atoms with van der Waals surface area (Å²) in [5, 5.41) is 8.96. The van der Waals surface area contributed by atoms with E-state index in [4.69, 9.17) is 5.11 Å². The Labute approximate surface area is 106 Å². The lowest BCUT2D eigenvalue weighted by Crippen LogP contribution is -2.28. The Morgan fingerprint density at radius 1 is 1.37 bits per heavy atom. The van der Waals surface area contributed by atoms with E-state index in [0.29, 0.717) is 6.07 Å². The summed E-state index contributed by atoms with van der Waals surface area (Å²) in [7, 11) is 0. The van der Waals surface area contributed by atoms with Crippen molar-refractivity contribution in [1.82, 2.24) is 0 Å². The lowest BCUT2D eigenvalue weighted by Gasteiger charge is -2.21. The number of nitrogens with zero attached hydrogens (tertiary/aromatic N) is 1. The molecular formula is C12H11F4NO2. The normalized spacial score (nSPS) is 20.2. The van der Waals surface area contributed by atoms with Crippen LogP contribution in [0, 0.1) is 11.7 Å². The summed E-state index contributed by atoms with van der Waals surface area (Å²) in [5.74, 6) is -2.38. The molecular weight excluding hydrogens is 266 g/mol. The van der Waals surface area contributed by atoms with Crippen LogP contribution in [-0.2, 0) is 11.0 Å². The van der Waals surface area contributed by atoms with Gasteiger partial charge in [0, 0.05) is 25.5 Å². The quantitative estimate of drug-likeness (QED) is 0.842. The molecule has 1 saturated heterocycles. The molecule has 1 amide bonds. The molecule has 1 aliphatic heterocycles. The van der Waals surface area contributed by atoms with Gasteiger partial charge in [-0.1, -0.05) is 6.07 Å². The molecule has 7 heteroatoms. The van der Waals surface area contributed by atoms with E-state index in [1.807, 2.05) is 0 Å². The van der Waals surface area contributed by atoms with E-state index in [1.165, 1.54) is 0 Å². The van der Waals surface area contributed by atoms with Crippen molar-refractivity contribution < 1.29 is 27.5 Å². The minimum absolute atomic E-state index is 0.0374. The SMILES string of the molecule is O=C1CC(CO)CN1c1cccc(F)c1C(F)(F)F. The highest BCUT2D eigenvalue weighted by Crippen LogP contribution is 2.40. The van der Waals surface area contributed by atoms with Gasteiger partial charge in [0.2, 0.25) is 5.91 Å². The summed E-state index contributed by atoms with van der Waals surface area (Å²) in [6.45, 7) is -0.333. The van der Waals surface area contributed by atoms with Gasteiger partial charge in [-0.25, -0.2) is 4.39 Å². The molecule has 2 rings (SSSR count). The molecule has 0 radical (unpaired) electrons. The highest BCUT2D eigenvalue weighted by molar-refractivity contribution is 5.96. The average molecular weight is 277 g/mol. The Bertz CT molecular complexity index is 501. The third kappa shape index (κ3) is 2.56. The van der Waals surface area contributed by atoms with Gasteiger partial charge in [-0.15, -0.1) is 0 Å². The molecule has 104 valence electrons. The number of carbonyl (C=O) groups excluding carboxylic acids is 1. The number of carbonyl (C=O) groups is 1. The second kappa shape index (κ2) is 4.80. The Kier molecular flexibility index (Phi) is 3.49. The molecule has 3 nitrogen and oxygen atoms in total. The Hall–Kier alpha value is -1.63. The molecule has 0 aromatic heterocycles. The Morgan fingerprint density at radius 3 is 2.58 bits per heavy atom. The van der Waals surface area contributed by atoms with Crippen LogP contribution in [0.5, 0.6) is 0 Å². The molecule has 0 spiro atoms. The van der Waals surface area contributed by atoms with Gasteiger partial charge in [0.1, 0.15) is 11.4 Å². The van der Waals surface area contributed by atoms with E-state index in [9.17, 15) is 22.4 Å². The monoisotopic (exact) mass is 277 g/mol. The van der Waals surface area contributed by atoms with Crippen LogP contribution in [0.25, 0.3) is 0 Å². The minimum atomic E-state index is -4.88. The fraction of sp³-hybridized carbons (Fsp3) is 0.417. The molecule has 1 N–H and O–H groups in total. The van der Waals surface area contributed by atoms with Crippen LogP contribution in [0.2, 0.25) is 0 Å². The smallest absolute Gasteiger partial charge is 0.396 e. The first-order valence-electron chi connectivity index (χ1n) is 5.61. The van der Waals surface area contributed by atoms with Gasteiger partial charge < -0.3 is 10.0 Å². The van der Waals surface area contributed by atoms with E-state index in [0.717, 1.165) is 17.0 Å². The largest absolute Gasteiger partial charge is 0.421 e. The summed E-state index contributed by atoms with van der Waals surface area (Å²) in [5.41, 5.74) is -1.93. The molecule has 0 saturated carbocycles. The number of anilines is 1. The number of rotatable bonds is 2. The third-order valence-corrected chi connectivity index (χ3v) is 3.03. The molecule has 1 fully saturated rings. The van der Waals surface area contributed by atoms with Crippen molar-refractivity contribution >= 4 is 11.6 Å². The zero-order chi connectivity index (χ0) is 14.2. The summed E-state index contributed by atoms with van der Waals surface area (Å²) in [6, 6.07) is 2.89. The molecule has 0 aliphatic carbocycles. The predicted octanol–water partition coefficient (Wildman–Crippen LogP) is 2.19. The van der Waals surface area contributed by atoms with Crippen LogP contribution >= 0.6 is 0 Å². The highest BCUT2D eigenvalue weighted by Gasteiger charge is 2.41. The fourth-order valence-corrected chi connectivity index (χ4v) is 2.15. The van der Waals surface area contributed by atoms with Gasteiger partial charge in [-0.2, -0.15) is 13.2 Å². The average Bonchev–Trinajstić information content (AvgIpc) is 2.68. The topological polar surface area (TPSA) is 40.5 Å². The van der Waals surface area contributed by atoms with Crippen molar-refractivity contribution in [1.29, 1.82) is 0 Å². The summed E-state index contributed by atoms with van der Waals surface area (Å²) in [4.78, 5) is 12.5. The molecule has 1 atom stereocenters. The van der Waals surface area contributed by atoms with Gasteiger partial charge in [-0.3, -0.25) is 4.79 Å². The van der Waals surface area contributed by atoms with Crippen LogP contribution in [0.1, 0.15) is 12.0 Å². The van der Waals surface area contributed by atoms with Gasteiger partial charge in [0.25, 0.3) is 0 Å². The number of aliphatic hydroxyl groups excluding tert-OH is 1. The van der Waals surface area contributed by atoms with E-state index in [2.05, 4.69) is 0 Å². The van der Waals surface area contributed by atoms with E-state index >= 15 is 0 Å². The van der Waals surface area contributed by atoms with Crippen molar-refractivity contribution in [2.45, 2.75) is 12.6 Å². The highest BCUT2D eigenvalue weighted by atomic mass is 19.4. The van der Waals surface area contributed by atoms with Crippen molar-refractivity contribution in [2.24, 2.45) is 5.92 Å². The zero-order valence-corrected chi connectivity index (χ0v) is 9.75. The number of hydrogen-bond donors (Lipinski definition) is 1. The second-order valence-electron chi connectivity index (χ2n) is 4.39. The van der Waals surface area contributed by atoms with Gasteiger partial charge >= 0.3 is 6.18 Å². The number of hydrogen-bond acceptors (Lipinski definition) is 2. The lowest BCUT2D eigenvalue weighted by molar-refractivity contribution is -0.139. The Morgan fingerprint density at radius 2 is 2.05 bits per heavy atom. The summed E-state index contributed by atoms with van der Waals surface area (Å²) >= 11 is 0. The number of benzene rings is 1. The maximum absolute atomic E-state index is 13.4. The van der Waals surface area contributed by atoms with E-state index in [1.54, 1.807) is 0 Å². The van der Waals surface area contributed by atoms with Crippen LogP contribution in [0.15, 0.2) is 18.2 Å². The van der Waals surface area contributed by atoms with Crippen molar-refractivity contribution in [3.63, 3.8) is 0 Å². The van der Waals surface area contributed by atoms with Crippen LogP contribution < -0.4 is 4.90 Å². The molecule has 1 unspecified atom stereocenters. The maximum Gasteiger partial charge on any atom is 0.421 e. The Balaban J connectivity index is 2.46. The fourth-order valence-electron chi connectivity index (χ4n) is 2.15. The number of aliphatic hydroxyl groups is 1. The number of amides is 1. The first-order valence-corrected chi connectivity index (χ1v) is 5.61. The predicted molar refractivity (Wildman–Crippen MR) is 58.9 cm³/mol. The molecule has 19 heavy (non-hydrogen) atoms. The van der Waals surface area contributed by atoms with Gasteiger partial charge in [0.05, 0.1) is 5.69 Å². The zero-order valence-electron chi connectivity index (χ0n) is 9.75. The number of halogens is 4. The number of alkyl halides is 3. The van der Waals surface area contributed by atoms with Crippen LogP contribution in [0.4, 0.5) is 23.2 Å². The minimum Gasteiger partial charge on any atom is -0.396 e. The standard InChI is InChI=1S/C12H11F4NO2/c13-8-2-1-3-9(11(8)12(14,15)16)17-5-7(6-18)4-10(17)19/h1-3,7,18H,4-6H2. The maximum atomic E-state index is 13.4. The lowest BCUT2D eigenvalue weighted by atomic mass is 10.1. The van der Waals surface area contributed by atoms with Crippen molar-refractivity contribution in [2.75, 3.05) is 18.1 Å². The first-order chi connectivity index (χ1) is 8.84. The van der Waals surface area contributed by atoms with Crippen molar-refractivity contribution in [3.05, 3.63) is 29.6 Å². The van der Waals surface area contributed by atoms with Gasteiger partial charge in [0.15, 0.2) is 0 Å². The summed E-state index contributed by atoms with van der Waals surface area (Å²) in [6.07, 6.45) is -4.91. The molecule has 1 aromatic rings. The first kappa shape index (κ1) is 13.8. The van der Waals surface area contributed by atoms with Crippen molar-refractivity contribution in [3.8, 4) is 0 Å². The van der Waals surface area contributed by atoms with E-state index < -0.39 is 35.1 Å². The molecule has 1 heterocycles. The molecule has 0 bridgehead atoms. The van der Waals surface area contributed by atoms with E-state index in [-0.39, 0.29) is 19.6 Å². The molecule has 1 aliphatic rings. The van der Waals surface area contributed by atoms with Crippen LogP contribution in [0.3, 0.4) is 0 Å². The third-order valence-electron chi connectivity index (χ3n) is 3.03. The van der Waals surface area contributed by atoms with Crippen LogP contribution in [-0.4, -0.2) is 24.2 Å². The molecule has 1 aromatic carbocycles. The van der Waals surface area contributed by atoms with Gasteiger partial charge in [-0.05, 0) is 12.1 Å². The second-order valence-corrected chi connectivity index (χ2v) is 4.39. The summed E-state index contributed by atoms with van der Waals surface area (Å²) < 4.78 is 51.9.